The number of hydrogen-bond donors (Lipinski definition) is 1. The fourth-order valence-electron chi connectivity index (χ4n) is 3.08. The zero-order chi connectivity index (χ0) is 11.4. The fourth-order valence-corrected chi connectivity index (χ4v) is 3.08. The highest BCUT2D eigenvalue weighted by atomic mass is 15.1. The van der Waals surface area contributed by atoms with Crippen LogP contribution in [0, 0.1) is 5.92 Å². The van der Waals surface area contributed by atoms with Crippen LogP contribution in [0.1, 0.15) is 58.3 Å². The van der Waals surface area contributed by atoms with Crippen LogP contribution in [0.5, 0.6) is 0 Å². The van der Waals surface area contributed by atoms with Crippen molar-refractivity contribution in [1.82, 2.24) is 4.90 Å². The molecule has 0 aromatic carbocycles. The number of nitrogens with zero attached hydrogens (tertiary/aromatic N) is 1. The largest absolute Gasteiger partial charge is 0.324 e. The molecular formula is C14H28N2. The van der Waals surface area contributed by atoms with E-state index in [1.807, 2.05) is 0 Å². The maximum Gasteiger partial charge on any atom is 0.0283 e. The molecule has 0 aromatic heterocycles. The lowest BCUT2D eigenvalue weighted by Gasteiger charge is -2.38. The molecule has 0 heterocycles. The second-order valence-electron chi connectivity index (χ2n) is 6.10. The lowest BCUT2D eigenvalue weighted by atomic mass is 9.82. The van der Waals surface area contributed by atoms with Crippen molar-refractivity contribution < 1.29 is 0 Å². The monoisotopic (exact) mass is 224 g/mol. The first-order valence-electron chi connectivity index (χ1n) is 7.23. The van der Waals surface area contributed by atoms with Gasteiger partial charge < -0.3 is 10.6 Å². The Morgan fingerprint density at radius 2 is 1.88 bits per heavy atom. The quantitative estimate of drug-likeness (QED) is 0.751. The van der Waals surface area contributed by atoms with E-state index in [1.54, 1.807) is 0 Å². The summed E-state index contributed by atoms with van der Waals surface area (Å²) in [4.78, 5) is 2.64. The van der Waals surface area contributed by atoms with E-state index in [4.69, 9.17) is 5.73 Å². The fraction of sp³-hybridized carbons (Fsp3) is 1.00. The molecule has 2 N–H and O–H groups in total. The summed E-state index contributed by atoms with van der Waals surface area (Å²) < 4.78 is 0. The van der Waals surface area contributed by atoms with Crippen molar-refractivity contribution >= 4 is 0 Å². The minimum absolute atomic E-state index is 0.141. The van der Waals surface area contributed by atoms with E-state index in [1.165, 1.54) is 64.5 Å². The van der Waals surface area contributed by atoms with Gasteiger partial charge in [0, 0.05) is 18.6 Å². The van der Waals surface area contributed by atoms with Crippen molar-refractivity contribution in [3.8, 4) is 0 Å². The van der Waals surface area contributed by atoms with E-state index in [2.05, 4.69) is 11.8 Å². The normalized spacial score (nSPS) is 24.9. The Balaban J connectivity index is 1.81. The maximum atomic E-state index is 6.54. The van der Waals surface area contributed by atoms with E-state index in [0.29, 0.717) is 0 Å². The van der Waals surface area contributed by atoms with Crippen LogP contribution in [-0.4, -0.2) is 30.1 Å². The van der Waals surface area contributed by atoms with Crippen molar-refractivity contribution in [2.75, 3.05) is 19.6 Å². The molecule has 0 radical (unpaired) electrons. The van der Waals surface area contributed by atoms with Crippen molar-refractivity contribution in [3.63, 3.8) is 0 Å². The molecule has 2 rings (SSSR count). The predicted octanol–water partition coefficient (Wildman–Crippen LogP) is 2.77. The highest BCUT2D eigenvalue weighted by Gasteiger charge is 2.31. The summed E-state index contributed by atoms with van der Waals surface area (Å²) in [5.41, 5.74) is 6.69. The third-order valence-electron chi connectivity index (χ3n) is 4.14. The van der Waals surface area contributed by atoms with E-state index in [0.717, 1.165) is 12.5 Å². The van der Waals surface area contributed by atoms with Crippen LogP contribution in [0.25, 0.3) is 0 Å². The Labute approximate surface area is 101 Å². The lowest BCUT2D eigenvalue weighted by Crippen LogP contribution is -2.52. The third-order valence-corrected chi connectivity index (χ3v) is 4.14. The molecule has 0 aromatic rings. The minimum Gasteiger partial charge on any atom is -0.324 e. The first-order valence-corrected chi connectivity index (χ1v) is 7.23. The second kappa shape index (κ2) is 5.50. The van der Waals surface area contributed by atoms with Crippen LogP contribution in [0.15, 0.2) is 0 Å². The van der Waals surface area contributed by atoms with Crippen molar-refractivity contribution in [2.24, 2.45) is 11.7 Å². The molecule has 0 unspecified atom stereocenters. The molecule has 2 fully saturated rings. The molecule has 0 amide bonds. The molecule has 0 aliphatic heterocycles. The number of hydrogen-bond acceptors (Lipinski definition) is 2. The van der Waals surface area contributed by atoms with E-state index >= 15 is 0 Å². The Bertz CT molecular complexity index is 205. The van der Waals surface area contributed by atoms with Gasteiger partial charge in [0.05, 0.1) is 0 Å². The molecule has 0 atom stereocenters. The summed E-state index contributed by atoms with van der Waals surface area (Å²) in [5.74, 6) is 0.999. The Hall–Kier alpha value is -0.0800. The average molecular weight is 224 g/mol. The summed E-state index contributed by atoms with van der Waals surface area (Å²) >= 11 is 0. The second-order valence-corrected chi connectivity index (χ2v) is 6.10. The topological polar surface area (TPSA) is 29.3 Å². The maximum absolute atomic E-state index is 6.54. The molecule has 0 saturated heterocycles. The van der Waals surface area contributed by atoms with Crippen LogP contribution in [0.4, 0.5) is 0 Å². The van der Waals surface area contributed by atoms with Crippen LogP contribution in [0.3, 0.4) is 0 Å². The van der Waals surface area contributed by atoms with Crippen molar-refractivity contribution in [2.45, 2.75) is 63.8 Å². The van der Waals surface area contributed by atoms with E-state index in [9.17, 15) is 0 Å². The van der Waals surface area contributed by atoms with Crippen LogP contribution < -0.4 is 5.73 Å². The van der Waals surface area contributed by atoms with Gasteiger partial charge in [-0.25, -0.2) is 0 Å². The van der Waals surface area contributed by atoms with E-state index < -0.39 is 0 Å². The standard InChI is InChI=1S/C14H28N2/c1-2-10-16(11-13-6-7-13)12-14(15)8-4-3-5-9-14/h13H,2-12,15H2,1H3. The molecular weight excluding hydrogens is 196 g/mol. The smallest absolute Gasteiger partial charge is 0.0283 e. The zero-order valence-electron chi connectivity index (χ0n) is 10.9. The third kappa shape index (κ3) is 3.74. The Morgan fingerprint density at radius 1 is 1.19 bits per heavy atom. The molecule has 2 aliphatic rings. The van der Waals surface area contributed by atoms with Crippen LogP contribution in [-0.2, 0) is 0 Å². The summed E-state index contributed by atoms with van der Waals surface area (Å²) in [6.45, 7) is 5.99. The van der Waals surface area contributed by atoms with Crippen LogP contribution in [0.2, 0.25) is 0 Å². The molecule has 94 valence electrons. The molecule has 2 nitrogen and oxygen atoms in total. The van der Waals surface area contributed by atoms with Gasteiger partial charge in [-0.1, -0.05) is 26.2 Å². The highest BCUT2D eigenvalue weighted by Crippen LogP contribution is 2.32. The molecule has 2 heteroatoms. The van der Waals surface area contributed by atoms with Gasteiger partial charge >= 0.3 is 0 Å². The Morgan fingerprint density at radius 3 is 2.44 bits per heavy atom. The van der Waals surface area contributed by atoms with E-state index in [-0.39, 0.29) is 5.54 Å². The zero-order valence-corrected chi connectivity index (χ0v) is 10.9. The van der Waals surface area contributed by atoms with Gasteiger partial charge in [0.15, 0.2) is 0 Å². The lowest BCUT2D eigenvalue weighted by molar-refractivity contribution is 0.167. The SMILES string of the molecule is CCCN(CC1CC1)CC1(N)CCCCC1. The number of nitrogens with two attached hydrogens (primary N) is 1. The van der Waals surface area contributed by atoms with Crippen LogP contribution >= 0.6 is 0 Å². The molecule has 2 saturated carbocycles. The average Bonchev–Trinajstić information content (AvgIpc) is 3.02. The molecule has 16 heavy (non-hydrogen) atoms. The summed E-state index contributed by atoms with van der Waals surface area (Å²) in [5, 5.41) is 0. The Kier molecular flexibility index (Phi) is 4.26. The number of rotatable bonds is 6. The molecule has 2 aliphatic carbocycles. The van der Waals surface area contributed by atoms with Gasteiger partial charge in [0.1, 0.15) is 0 Å². The van der Waals surface area contributed by atoms with Crippen molar-refractivity contribution in [1.29, 1.82) is 0 Å². The van der Waals surface area contributed by atoms with Gasteiger partial charge in [0.25, 0.3) is 0 Å². The first kappa shape index (κ1) is 12.4. The minimum atomic E-state index is 0.141. The van der Waals surface area contributed by atoms with Gasteiger partial charge in [-0.3, -0.25) is 0 Å². The molecule has 0 spiro atoms. The summed E-state index contributed by atoms with van der Waals surface area (Å²) in [6, 6.07) is 0. The first-order chi connectivity index (χ1) is 7.72. The summed E-state index contributed by atoms with van der Waals surface area (Å²) in [6.07, 6.45) is 10.8. The van der Waals surface area contributed by atoms with Gasteiger partial charge in [-0.05, 0) is 44.6 Å². The van der Waals surface area contributed by atoms with Gasteiger partial charge in [-0.15, -0.1) is 0 Å². The van der Waals surface area contributed by atoms with Crippen molar-refractivity contribution in [3.05, 3.63) is 0 Å². The summed E-state index contributed by atoms with van der Waals surface area (Å²) in [7, 11) is 0. The predicted molar refractivity (Wildman–Crippen MR) is 69.5 cm³/mol. The van der Waals surface area contributed by atoms with Gasteiger partial charge in [0.2, 0.25) is 0 Å². The molecule has 0 bridgehead atoms. The highest BCUT2D eigenvalue weighted by molar-refractivity contribution is 4.91. The van der Waals surface area contributed by atoms with Gasteiger partial charge in [-0.2, -0.15) is 0 Å².